The number of pyridine rings is 1. The number of benzene rings is 2. The first kappa shape index (κ1) is 23.1. The maximum absolute atomic E-state index is 13.1. The Hall–Kier alpha value is -5.06. The molecule has 3 aromatic rings. The summed E-state index contributed by atoms with van der Waals surface area (Å²) in [5.41, 5.74) is 0.380. The van der Waals surface area contributed by atoms with E-state index in [4.69, 9.17) is 9.47 Å². The van der Waals surface area contributed by atoms with Gasteiger partial charge in [-0.15, -0.1) is 0 Å². The van der Waals surface area contributed by atoms with E-state index < -0.39 is 22.8 Å². The minimum atomic E-state index is -0.856. The van der Waals surface area contributed by atoms with Gasteiger partial charge >= 0.3 is 6.03 Å². The lowest BCUT2D eigenvalue weighted by Gasteiger charge is -2.26. The third-order valence-corrected chi connectivity index (χ3v) is 4.83. The Kier molecular flexibility index (Phi) is 6.49. The van der Waals surface area contributed by atoms with Crippen molar-refractivity contribution in [3.05, 3.63) is 88.1 Å². The number of amides is 4. The summed E-state index contributed by atoms with van der Waals surface area (Å²) >= 11 is 0. The Balaban J connectivity index is 1.54. The summed E-state index contributed by atoms with van der Waals surface area (Å²) in [5, 5.41) is 12.9. The van der Waals surface area contributed by atoms with Crippen LogP contribution in [0.1, 0.15) is 12.5 Å². The van der Waals surface area contributed by atoms with Crippen LogP contribution in [-0.2, 0) is 9.59 Å². The van der Waals surface area contributed by atoms with Gasteiger partial charge in [0.25, 0.3) is 17.5 Å². The number of carbonyl (C=O) groups is 3. The van der Waals surface area contributed by atoms with Crippen LogP contribution in [-0.4, -0.2) is 34.4 Å². The standard InChI is InChI=1S/C24H18N4O7/c1-2-34-19-5-3-4-16(13-19)27-23(30)20(22(29)26-24(27)31)12-15-6-9-18(10-7-15)35-21-11-8-17(14-25-21)28(32)33/h3-14H,2H2,1H3,(H,26,29,31)/b20-12+. The molecule has 2 heterocycles. The van der Waals surface area contributed by atoms with Gasteiger partial charge in [-0.05, 0) is 42.8 Å². The van der Waals surface area contributed by atoms with Gasteiger partial charge < -0.3 is 9.47 Å². The van der Waals surface area contributed by atoms with Crippen LogP contribution in [0.15, 0.2) is 72.4 Å². The second kappa shape index (κ2) is 9.83. The lowest BCUT2D eigenvalue weighted by molar-refractivity contribution is -0.385. The molecule has 0 radical (unpaired) electrons. The molecule has 1 aliphatic heterocycles. The molecule has 1 aliphatic rings. The van der Waals surface area contributed by atoms with Crippen molar-refractivity contribution in [2.75, 3.05) is 11.5 Å². The number of barbiturate groups is 1. The second-order valence-electron chi connectivity index (χ2n) is 7.17. The fourth-order valence-corrected chi connectivity index (χ4v) is 3.23. The number of imide groups is 2. The van der Waals surface area contributed by atoms with E-state index in [1.807, 2.05) is 6.92 Å². The molecule has 11 nitrogen and oxygen atoms in total. The smallest absolute Gasteiger partial charge is 0.335 e. The van der Waals surface area contributed by atoms with Gasteiger partial charge in [-0.3, -0.25) is 25.0 Å². The highest BCUT2D eigenvalue weighted by Gasteiger charge is 2.36. The fraction of sp³-hybridized carbons (Fsp3) is 0.0833. The number of carbonyl (C=O) groups excluding carboxylic acids is 3. The minimum Gasteiger partial charge on any atom is -0.494 e. The van der Waals surface area contributed by atoms with E-state index in [-0.39, 0.29) is 22.8 Å². The molecule has 4 rings (SSSR count). The van der Waals surface area contributed by atoms with E-state index in [0.29, 0.717) is 23.7 Å². The zero-order chi connectivity index (χ0) is 24.9. The number of rotatable bonds is 7. The fourth-order valence-electron chi connectivity index (χ4n) is 3.23. The van der Waals surface area contributed by atoms with Crippen molar-refractivity contribution in [1.29, 1.82) is 0 Å². The van der Waals surface area contributed by atoms with Gasteiger partial charge in [0.1, 0.15) is 23.3 Å². The number of nitrogens with zero attached hydrogens (tertiary/aromatic N) is 3. The van der Waals surface area contributed by atoms with Crippen LogP contribution >= 0.6 is 0 Å². The third-order valence-electron chi connectivity index (χ3n) is 4.83. The zero-order valence-corrected chi connectivity index (χ0v) is 18.3. The van der Waals surface area contributed by atoms with Crippen molar-refractivity contribution < 1.29 is 28.8 Å². The van der Waals surface area contributed by atoms with Gasteiger partial charge in [-0.2, -0.15) is 0 Å². The number of ether oxygens (including phenoxy) is 2. The first-order chi connectivity index (χ1) is 16.9. The quantitative estimate of drug-likeness (QED) is 0.236. The van der Waals surface area contributed by atoms with E-state index in [0.717, 1.165) is 11.1 Å². The van der Waals surface area contributed by atoms with Gasteiger partial charge in [0.2, 0.25) is 5.88 Å². The molecule has 1 saturated heterocycles. The third kappa shape index (κ3) is 5.14. The molecule has 1 fully saturated rings. The van der Waals surface area contributed by atoms with E-state index >= 15 is 0 Å². The molecule has 11 heteroatoms. The highest BCUT2D eigenvalue weighted by molar-refractivity contribution is 6.39. The molecule has 0 atom stereocenters. The molecular formula is C24H18N4O7. The van der Waals surface area contributed by atoms with Crippen LogP contribution in [0.5, 0.6) is 17.4 Å². The van der Waals surface area contributed by atoms with E-state index in [2.05, 4.69) is 10.3 Å². The van der Waals surface area contributed by atoms with Crippen LogP contribution in [0.25, 0.3) is 6.08 Å². The monoisotopic (exact) mass is 474 g/mol. The van der Waals surface area contributed by atoms with Crippen LogP contribution in [0, 0.1) is 10.1 Å². The first-order valence-corrected chi connectivity index (χ1v) is 10.4. The summed E-state index contributed by atoms with van der Waals surface area (Å²) in [4.78, 5) is 52.8. The zero-order valence-electron chi connectivity index (χ0n) is 18.3. The predicted octanol–water partition coefficient (Wildman–Crippen LogP) is 3.85. The lowest BCUT2D eigenvalue weighted by atomic mass is 10.1. The number of nitro groups is 1. The van der Waals surface area contributed by atoms with Crippen molar-refractivity contribution in [2.24, 2.45) is 0 Å². The first-order valence-electron chi connectivity index (χ1n) is 10.4. The molecule has 0 spiro atoms. The summed E-state index contributed by atoms with van der Waals surface area (Å²) in [6.07, 6.45) is 2.44. The van der Waals surface area contributed by atoms with Gasteiger partial charge in [0, 0.05) is 18.2 Å². The molecule has 0 aliphatic carbocycles. The maximum Gasteiger partial charge on any atom is 0.335 e. The van der Waals surface area contributed by atoms with Crippen LogP contribution < -0.4 is 19.7 Å². The molecule has 1 aromatic heterocycles. The largest absolute Gasteiger partial charge is 0.494 e. The minimum absolute atomic E-state index is 0.159. The van der Waals surface area contributed by atoms with Gasteiger partial charge in [-0.1, -0.05) is 18.2 Å². The molecular weight excluding hydrogens is 456 g/mol. The summed E-state index contributed by atoms with van der Waals surface area (Å²) < 4.78 is 11.0. The predicted molar refractivity (Wildman–Crippen MR) is 124 cm³/mol. The highest BCUT2D eigenvalue weighted by atomic mass is 16.6. The summed E-state index contributed by atoms with van der Waals surface area (Å²) in [6, 6.07) is 14.6. The molecule has 0 unspecified atom stereocenters. The van der Waals surface area contributed by atoms with Crippen molar-refractivity contribution >= 4 is 35.3 Å². The van der Waals surface area contributed by atoms with Crippen molar-refractivity contribution in [2.45, 2.75) is 6.92 Å². The summed E-state index contributed by atoms with van der Waals surface area (Å²) in [6.45, 7) is 2.22. The molecule has 0 bridgehead atoms. The molecule has 1 N–H and O–H groups in total. The lowest BCUT2D eigenvalue weighted by Crippen LogP contribution is -2.54. The normalized spacial score (nSPS) is 14.6. The van der Waals surface area contributed by atoms with E-state index in [9.17, 15) is 24.5 Å². The second-order valence-corrected chi connectivity index (χ2v) is 7.17. The van der Waals surface area contributed by atoms with Crippen molar-refractivity contribution in [3.8, 4) is 17.4 Å². The van der Waals surface area contributed by atoms with Gasteiger partial charge in [0.15, 0.2) is 0 Å². The van der Waals surface area contributed by atoms with Crippen LogP contribution in [0.4, 0.5) is 16.2 Å². The van der Waals surface area contributed by atoms with Gasteiger partial charge in [-0.25, -0.2) is 14.7 Å². The van der Waals surface area contributed by atoms with Crippen molar-refractivity contribution in [1.82, 2.24) is 10.3 Å². The van der Waals surface area contributed by atoms with Crippen LogP contribution in [0.3, 0.4) is 0 Å². The molecule has 35 heavy (non-hydrogen) atoms. The molecule has 0 saturated carbocycles. The summed E-state index contributed by atoms with van der Waals surface area (Å²) in [7, 11) is 0. The average Bonchev–Trinajstić information content (AvgIpc) is 2.83. The number of hydrogen-bond donors (Lipinski definition) is 1. The van der Waals surface area contributed by atoms with E-state index in [1.54, 1.807) is 42.5 Å². The highest BCUT2D eigenvalue weighted by Crippen LogP contribution is 2.26. The maximum atomic E-state index is 13.1. The number of nitrogens with one attached hydrogen (secondary N) is 1. The SMILES string of the molecule is CCOc1cccc(N2C(=O)NC(=O)/C(=C\c3ccc(Oc4ccc([N+](=O)[O-])cn4)cc3)C2=O)c1. The molecule has 4 amide bonds. The topological polar surface area (TPSA) is 141 Å². The number of hydrogen-bond acceptors (Lipinski definition) is 8. The Bertz CT molecular complexity index is 1330. The Morgan fingerprint density at radius 1 is 1.06 bits per heavy atom. The van der Waals surface area contributed by atoms with Gasteiger partial charge in [0.05, 0.1) is 17.2 Å². The number of anilines is 1. The van der Waals surface area contributed by atoms with Crippen molar-refractivity contribution in [3.63, 3.8) is 0 Å². The summed E-state index contributed by atoms with van der Waals surface area (Å²) in [5.74, 6) is -0.564. The Labute approximate surface area is 198 Å². The van der Waals surface area contributed by atoms with Crippen LogP contribution in [0.2, 0.25) is 0 Å². The number of aromatic nitrogens is 1. The Morgan fingerprint density at radius 2 is 1.83 bits per heavy atom. The Morgan fingerprint density at radius 3 is 2.49 bits per heavy atom. The molecule has 176 valence electrons. The van der Waals surface area contributed by atoms with E-state index in [1.165, 1.54) is 24.3 Å². The number of urea groups is 1. The average molecular weight is 474 g/mol. The molecule has 2 aromatic carbocycles.